The van der Waals surface area contributed by atoms with Gasteiger partial charge in [-0.15, -0.1) is 5.54 Å². The van der Waals surface area contributed by atoms with E-state index in [1.807, 2.05) is 43.5 Å². The molecule has 2 aromatic carbocycles. The minimum Gasteiger partial charge on any atom is -0.468 e. The van der Waals surface area contributed by atoms with E-state index in [-0.39, 0.29) is 12.6 Å². The summed E-state index contributed by atoms with van der Waals surface area (Å²) in [6.45, 7) is 13.7. The highest BCUT2D eigenvalue weighted by molar-refractivity contribution is 7.98. The van der Waals surface area contributed by atoms with Crippen molar-refractivity contribution >= 4 is 47.3 Å². The summed E-state index contributed by atoms with van der Waals surface area (Å²) in [5.41, 5.74) is 7.52. The first-order valence-electron chi connectivity index (χ1n) is 14.2. The Morgan fingerprint density at radius 2 is 1.69 bits per heavy atom. The van der Waals surface area contributed by atoms with Gasteiger partial charge in [0.2, 0.25) is 0 Å². The Morgan fingerprint density at radius 1 is 1.00 bits per heavy atom. The van der Waals surface area contributed by atoms with Gasteiger partial charge in [-0.1, -0.05) is 65.3 Å². The fourth-order valence-electron chi connectivity index (χ4n) is 6.13. The molecule has 2 aromatic heterocycles. The zero-order chi connectivity index (χ0) is 30.8. The Kier molecular flexibility index (Phi) is 9.81. The molecular formula is C33H41FN4O2SSi. The number of pyridine rings is 1. The van der Waals surface area contributed by atoms with Gasteiger partial charge in [0.05, 0.1) is 22.2 Å². The number of hydrogen-bond acceptors (Lipinski definition) is 7. The lowest BCUT2D eigenvalue weighted by Gasteiger charge is -2.38. The minimum absolute atomic E-state index is 0.0858. The Balaban J connectivity index is 2.12. The number of benzene rings is 2. The lowest BCUT2D eigenvalue weighted by atomic mass is 9.96. The lowest BCUT2D eigenvalue weighted by Crippen LogP contribution is -2.43. The van der Waals surface area contributed by atoms with Crippen molar-refractivity contribution in [3.05, 3.63) is 47.9 Å². The van der Waals surface area contributed by atoms with Crippen molar-refractivity contribution in [2.24, 2.45) is 0 Å². The summed E-state index contributed by atoms with van der Waals surface area (Å²) in [7, 11) is 3.33. The first-order valence-corrected chi connectivity index (χ1v) is 17.7. The summed E-state index contributed by atoms with van der Waals surface area (Å²) < 4.78 is 26.9. The van der Waals surface area contributed by atoms with Crippen LogP contribution >= 0.6 is 11.8 Å². The van der Waals surface area contributed by atoms with Crippen LogP contribution in [-0.2, 0) is 4.74 Å². The van der Waals surface area contributed by atoms with E-state index in [0.29, 0.717) is 44.2 Å². The number of methoxy groups -OCH3 is 1. The van der Waals surface area contributed by atoms with Gasteiger partial charge in [-0.25, -0.2) is 19.3 Å². The van der Waals surface area contributed by atoms with Gasteiger partial charge in [0.1, 0.15) is 25.5 Å². The summed E-state index contributed by atoms with van der Waals surface area (Å²) in [6, 6.07) is 9.02. The molecule has 0 aliphatic carbocycles. The average molecular weight is 605 g/mol. The molecule has 2 heterocycles. The zero-order valence-corrected chi connectivity index (χ0v) is 28.1. The second kappa shape index (κ2) is 13.0. The van der Waals surface area contributed by atoms with Crippen LogP contribution in [0.25, 0.3) is 32.9 Å². The van der Waals surface area contributed by atoms with Crippen molar-refractivity contribution in [3.8, 4) is 28.5 Å². The van der Waals surface area contributed by atoms with Gasteiger partial charge in [-0.3, -0.25) is 0 Å². The van der Waals surface area contributed by atoms with E-state index in [4.69, 9.17) is 19.4 Å². The predicted molar refractivity (Wildman–Crippen MR) is 177 cm³/mol. The molecular weight excluding hydrogens is 564 g/mol. The van der Waals surface area contributed by atoms with Crippen molar-refractivity contribution in [1.82, 2.24) is 15.0 Å². The van der Waals surface area contributed by atoms with Gasteiger partial charge < -0.3 is 14.4 Å². The lowest BCUT2D eigenvalue weighted by molar-refractivity contribution is 0.0512. The van der Waals surface area contributed by atoms with E-state index < -0.39 is 8.07 Å². The van der Waals surface area contributed by atoms with Crippen molar-refractivity contribution < 1.29 is 13.9 Å². The molecule has 9 heteroatoms. The molecule has 222 valence electrons. The molecule has 0 aliphatic heterocycles. The summed E-state index contributed by atoms with van der Waals surface area (Å²) in [5, 5.41) is 3.03. The normalized spacial score (nSPS) is 12.0. The minimum atomic E-state index is -2.13. The van der Waals surface area contributed by atoms with Crippen molar-refractivity contribution in [3.63, 3.8) is 0 Å². The number of nitrogens with zero attached hydrogens (tertiary/aromatic N) is 4. The van der Waals surface area contributed by atoms with Crippen molar-refractivity contribution in [2.75, 3.05) is 39.2 Å². The largest absolute Gasteiger partial charge is 0.468 e. The molecule has 42 heavy (non-hydrogen) atoms. The number of anilines is 1. The topological polar surface area (TPSA) is 60.4 Å². The first-order chi connectivity index (χ1) is 19.9. The van der Waals surface area contributed by atoms with Crippen LogP contribution in [0.15, 0.2) is 41.7 Å². The molecule has 0 amide bonds. The van der Waals surface area contributed by atoms with Crippen molar-refractivity contribution in [2.45, 2.75) is 63.3 Å². The Morgan fingerprint density at radius 3 is 2.29 bits per heavy atom. The predicted octanol–water partition coefficient (Wildman–Crippen LogP) is 8.32. The quantitative estimate of drug-likeness (QED) is 0.0626. The molecule has 0 spiro atoms. The Hall–Kier alpha value is -3.19. The molecule has 0 unspecified atom stereocenters. The second-order valence-electron chi connectivity index (χ2n) is 11.7. The molecule has 0 N–H and O–H groups in total. The maximum Gasteiger partial charge on any atom is 0.188 e. The Bertz CT molecular complexity index is 1640. The number of aromatic nitrogens is 3. The number of fused-ring (bicyclic) bond motifs is 2. The molecule has 0 radical (unpaired) electrons. The molecule has 0 fully saturated rings. The van der Waals surface area contributed by atoms with Crippen LogP contribution in [0.1, 0.15) is 47.1 Å². The smallest absolute Gasteiger partial charge is 0.188 e. The first kappa shape index (κ1) is 31.7. The summed E-state index contributed by atoms with van der Waals surface area (Å²) in [6.07, 6.45) is 3.75. The van der Waals surface area contributed by atoms with Crippen LogP contribution in [0.5, 0.6) is 5.75 Å². The highest BCUT2D eigenvalue weighted by atomic mass is 32.2. The van der Waals surface area contributed by atoms with E-state index in [2.05, 4.69) is 58.0 Å². The van der Waals surface area contributed by atoms with Gasteiger partial charge in [-0.2, -0.15) is 0 Å². The zero-order valence-electron chi connectivity index (χ0n) is 26.3. The Labute approximate surface area is 254 Å². The van der Waals surface area contributed by atoms with Crippen LogP contribution in [-0.4, -0.2) is 57.3 Å². The van der Waals surface area contributed by atoms with Crippen molar-refractivity contribution in [1.29, 1.82) is 0 Å². The SMILES string of the molecule is COCOc1cc(-c2cc3nc(SC)ncc3c(N(C)C)n2)c2c(C#C[Si](C(C)C)(C(C)C)C(C)C)c(F)ccc2c1. The molecule has 0 atom stereocenters. The number of thioether (sulfide) groups is 1. The fraction of sp³-hybridized carbons (Fsp3) is 0.424. The molecule has 0 saturated carbocycles. The third kappa shape index (κ3) is 5.98. The van der Waals surface area contributed by atoms with E-state index in [9.17, 15) is 0 Å². The number of hydrogen-bond donors (Lipinski definition) is 0. The van der Waals surface area contributed by atoms with E-state index >= 15 is 4.39 Å². The number of halogens is 1. The molecule has 6 nitrogen and oxygen atoms in total. The monoisotopic (exact) mass is 604 g/mol. The van der Waals surface area contributed by atoms with Crippen LogP contribution < -0.4 is 9.64 Å². The van der Waals surface area contributed by atoms with Gasteiger partial charge >= 0.3 is 0 Å². The molecule has 0 aliphatic rings. The average Bonchev–Trinajstić information content (AvgIpc) is 2.95. The van der Waals surface area contributed by atoms with E-state index in [1.165, 1.54) is 17.8 Å². The van der Waals surface area contributed by atoms with Gasteiger partial charge in [0, 0.05) is 38.4 Å². The summed E-state index contributed by atoms with van der Waals surface area (Å²) >= 11 is 1.48. The van der Waals surface area contributed by atoms with Gasteiger partial charge in [-0.05, 0) is 52.5 Å². The van der Waals surface area contributed by atoms with Crippen LogP contribution in [0.3, 0.4) is 0 Å². The van der Waals surface area contributed by atoms with E-state index in [0.717, 1.165) is 27.7 Å². The summed E-state index contributed by atoms with van der Waals surface area (Å²) in [4.78, 5) is 16.2. The van der Waals surface area contributed by atoms with Crippen LogP contribution in [0.2, 0.25) is 16.6 Å². The number of ether oxygens (including phenoxy) is 2. The molecule has 4 rings (SSSR count). The van der Waals surface area contributed by atoms with Gasteiger partial charge in [0.25, 0.3) is 0 Å². The molecule has 4 aromatic rings. The number of rotatable bonds is 9. The highest BCUT2D eigenvalue weighted by Crippen LogP contribution is 2.42. The van der Waals surface area contributed by atoms with Crippen LogP contribution in [0.4, 0.5) is 10.2 Å². The molecule has 0 bridgehead atoms. The maximum absolute atomic E-state index is 15.9. The highest BCUT2D eigenvalue weighted by Gasteiger charge is 2.41. The standard InChI is InChI=1S/C33H41FN4O2SSi/c1-20(2)42(21(3)4,22(5)6)14-13-25-28(34)12-11-23-15-24(40-19-39-9)16-26(31(23)25)29-17-30-27(32(36-29)38(7)8)18-35-33(37-30)41-10/h11-12,15-18,20-22H,19H2,1-10H3. The molecule has 0 saturated heterocycles. The third-order valence-electron chi connectivity index (χ3n) is 8.07. The summed E-state index contributed by atoms with van der Waals surface area (Å²) in [5.74, 6) is 4.39. The second-order valence-corrected chi connectivity index (χ2v) is 18.1. The van der Waals surface area contributed by atoms with Gasteiger partial charge in [0.15, 0.2) is 11.9 Å². The fourth-order valence-corrected chi connectivity index (χ4v) is 11.7. The van der Waals surface area contributed by atoms with Crippen LogP contribution in [0, 0.1) is 17.3 Å². The maximum atomic E-state index is 15.9. The van der Waals surface area contributed by atoms with E-state index in [1.54, 1.807) is 19.4 Å². The third-order valence-corrected chi connectivity index (χ3v) is 14.9.